The lowest BCUT2D eigenvalue weighted by molar-refractivity contribution is -0.115. The summed E-state index contributed by atoms with van der Waals surface area (Å²) >= 11 is 1.64. The molecule has 132 valence electrons. The molecule has 6 heteroatoms. The van der Waals surface area contributed by atoms with E-state index in [4.69, 9.17) is 4.42 Å². The van der Waals surface area contributed by atoms with Crippen molar-refractivity contribution >= 4 is 35.0 Å². The molecular weight excluding hydrogens is 348 g/mol. The van der Waals surface area contributed by atoms with Crippen molar-refractivity contribution in [3.05, 3.63) is 78.8 Å². The Morgan fingerprint density at radius 1 is 0.885 bits per heavy atom. The molecule has 1 heterocycles. The first-order valence-corrected chi connectivity index (χ1v) is 9.12. The smallest absolute Gasteiger partial charge is 0.291 e. The topological polar surface area (TPSA) is 71.3 Å². The molecule has 0 bridgehead atoms. The van der Waals surface area contributed by atoms with E-state index in [1.165, 1.54) is 6.26 Å². The number of furan rings is 1. The van der Waals surface area contributed by atoms with Crippen molar-refractivity contribution in [2.45, 2.75) is 11.3 Å². The average Bonchev–Trinajstić information content (AvgIpc) is 3.18. The van der Waals surface area contributed by atoms with Crippen LogP contribution >= 0.6 is 11.8 Å². The van der Waals surface area contributed by atoms with Crippen molar-refractivity contribution < 1.29 is 14.0 Å². The first kappa shape index (κ1) is 17.8. The molecule has 26 heavy (non-hydrogen) atoms. The second-order valence-electron chi connectivity index (χ2n) is 5.47. The fourth-order valence-corrected chi connectivity index (χ4v) is 3.15. The summed E-state index contributed by atoms with van der Waals surface area (Å²) in [4.78, 5) is 25.2. The van der Waals surface area contributed by atoms with Crippen LogP contribution in [0, 0.1) is 0 Å². The third-order valence-electron chi connectivity index (χ3n) is 3.49. The SMILES string of the molecule is O=C(CCSc1ccccc1)Nc1cccc(NC(=O)c2ccco2)c1. The van der Waals surface area contributed by atoms with E-state index >= 15 is 0 Å². The number of amides is 2. The second kappa shape index (κ2) is 8.92. The van der Waals surface area contributed by atoms with Gasteiger partial charge in [-0.2, -0.15) is 0 Å². The van der Waals surface area contributed by atoms with E-state index in [9.17, 15) is 9.59 Å². The summed E-state index contributed by atoms with van der Waals surface area (Å²) in [5.74, 6) is 0.531. The van der Waals surface area contributed by atoms with Gasteiger partial charge >= 0.3 is 0 Å². The summed E-state index contributed by atoms with van der Waals surface area (Å²) in [6.07, 6.45) is 1.85. The van der Waals surface area contributed by atoms with Crippen molar-refractivity contribution in [1.29, 1.82) is 0 Å². The molecule has 0 aliphatic rings. The van der Waals surface area contributed by atoms with Crippen LogP contribution in [0.4, 0.5) is 11.4 Å². The maximum Gasteiger partial charge on any atom is 0.291 e. The first-order chi connectivity index (χ1) is 12.7. The molecular formula is C20H18N2O3S. The van der Waals surface area contributed by atoms with Crippen LogP contribution in [0.2, 0.25) is 0 Å². The molecule has 0 spiro atoms. The Bertz CT molecular complexity index is 864. The highest BCUT2D eigenvalue weighted by atomic mass is 32.2. The highest BCUT2D eigenvalue weighted by Crippen LogP contribution is 2.19. The van der Waals surface area contributed by atoms with Crippen LogP contribution in [0.5, 0.6) is 0 Å². The van der Waals surface area contributed by atoms with Gasteiger partial charge in [0.05, 0.1) is 6.26 Å². The van der Waals surface area contributed by atoms with E-state index in [2.05, 4.69) is 10.6 Å². The Morgan fingerprint density at radius 3 is 2.38 bits per heavy atom. The van der Waals surface area contributed by atoms with Crippen LogP contribution in [0.25, 0.3) is 0 Å². The molecule has 0 atom stereocenters. The zero-order valence-corrected chi connectivity index (χ0v) is 14.8. The normalized spacial score (nSPS) is 10.3. The molecule has 2 N–H and O–H groups in total. The molecule has 1 aromatic heterocycles. The second-order valence-corrected chi connectivity index (χ2v) is 6.64. The van der Waals surface area contributed by atoms with Crippen LogP contribution < -0.4 is 10.6 Å². The summed E-state index contributed by atoms with van der Waals surface area (Å²) < 4.78 is 5.06. The zero-order chi connectivity index (χ0) is 18.2. The van der Waals surface area contributed by atoms with Crippen molar-refractivity contribution in [1.82, 2.24) is 0 Å². The lowest BCUT2D eigenvalue weighted by Crippen LogP contribution is -2.13. The number of carbonyl (C=O) groups excluding carboxylic acids is 2. The molecule has 0 saturated carbocycles. The lowest BCUT2D eigenvalue weighted by Gasteiger charge is -2.08. The third-order valence-corrected chi connectivity index (χ3v) is 4.50. The number of benzene rings is 2. The minimum Gasteiger partial charge on any atom is -0.459 e. The van der Waals surface area contributed by atoms with E-state index in [0.717, 1.165) is 4.90 Å². The molecule has 0 aliphatic heterocycles. The number of carbonyl (C=O) groups is 2. The monoisotopic (exact) mass is 366 g/mol. The van der Waals surface area contributed by atoms with Gasteiger partial charge in [0.25, 0.3) is 5.91 Å². The van der Waals surface area contributed by atoms with Crippen LogP contribution in [-0.2, 0) is 4.79 Å². The predicted octanol–water partition coefficient (Wildman–Crippen LogP) is 4.65. The maximum absolute atomic E-state index is 12.1. The largest absolute Gasteiger partial charge is 0.459 e. The summed E-state index contributed by atoms with van der Waals surface area (Å²) in [5, 5.41) is 5.58. The number of rotatable bonds is 7. The van der Waals surface area contributed by atoms with Crippen LogP contribution in [-0.4, -0.2) is 17.6 Å². The number of hydrogen-bond acceptors (Lipinski definition) is 4. The molecule has 0 radical (unpaired) electrons. The highest BCUT2D eigenvalue weighted by Gasteiger charge is 2.09. The Labute approximate surface area is 155 Å². The highest BCUT2D eigenvalue weighted by molar-refractivity contribution is 7.99. The molecule has 0 unspecified atom stereocenters. The van der Waals surface area contributed by atoms with Gasteiger partial charge in [0, 0.05) is 28.4 Å². The van der Waals surface area contributed by atoms with Gasteiger partial charge < -0.3 is 15.1 Å². The summed E-state index contributed by atoms with van der Waals surface area (Å²) in [7, 11) is 0. The van der Waals surface area contributed by atoms with Gasteiger partial charge in [0.1, 0.15) is 0 Å². The molecule has 2 amide bonds. The maximum atomic E-state index is 12.1. The predicted molar refractivity (Wildman–Crippen MR) is 104 cm³/mol. The number of nitrogens with one attached hydrogen (secondary N) is 2. The van der Waals surface area contributed by atoms with Gasteiger partial charge in [0.15, 0.2) is 5.76 Å². The Morgan fingerprint density at radius 2 is 1.65 bits per heavy atom. The van der Waals surface area contributed by atoms with Gasteiger partial charge in [-0.05, 0) is 42.5 Å². The third kappa shape index (κ3) is 5.26. The summed E-state index contributed by atoms with van der Waals surface area (Å²) in [6.45, 7) is 0. The molecule has 0 fully saturated rings. The molecule has 0 saturated heterocycles. The van der Waals surface area contributed by atoms with Crippen molar-refractivity contribution in [3.63, 3.8) is 0 Å². The van der Waals surface area contributed by atoms with Gasteiger partial charge in [0.2, 0.25) is 5.91 Å². The van der Waals surface area contributed by atoms with E-state index in [0.29, 0.717) is 23.5 Å². The molecule has 0 aliphatic carbocycles. The van der Waals surface area contributed by atoms with Crippen LogP contribution in [0.3, 0.4) is 0 Å². The van der Waals surface area contributed by atoms with Crippen molar-refractivity contribution in [2.75, 3.05) is 16.4 Å². The van der Waals surface area contributed by atoms with Crippen molar-refractivity contribution in [3.8, 4) is 0 Å². The average molecular weight is 366 g/mol. The fraction of sp³-hybridized carbons (Fsp3) is 0.100. The summed E-state index contributed by atoms with van der Waals surface area (Å²) in [6, 6.07) is 20.2. The molecule has 5 nitrogen and oxygen atoms in total. The van der Waals surface area contributed by atoms with Crippen LogP contribution in [0.1, 0.15) is 17.0 Å². The van der Waals surface area contributed by atoms with E-state index < -0.39 is 0 Å². The lowest BCUT2D eigenvalue weighted by atomic mass is 10.2. The van der Waals surface area contributed by atoms with Gasteiger partial charge in [-0.1, -0.05) is 24.3 Å². The number of thioether (sulfide) groups is 1. The van der Waals surface area contributed by atoms with Crippen molar-refractivity contribution in [2.24, 2.45) is 0 Å². The Hall–Kier alpha value is -2.99. The first-order valence-electron chi connectivity index (χ1n) is 8.13. The zero-order valence-electron chi connectivity index (χ0n) is 14.0. The van der Waals surface area contributed by atoms with E-state index in [1.54, 1.807) is 48.2 Å². The fourth-order valence-electron chi connectivity index (χ4n) is 2.28. The number of anilines is 2. The standard InChI is InChI=1S/C20H18N2O3S/c23-19(11-13-26-17-8-2-1-3-9-17)21-15-6-4-7-16(14-15)22-20(24)18-10-5-12-25-18/h1-10,12,14H,11,13H2,(H,21,23)(H,22,24). The Kier molecular flexibility index (Phi) is 6.11. The van der Waals surface area contributed by atoms with Gasteiger partial charge in [-0.15, -0.1) is 11.8 Å². The minimum atomic E-state index is -0.335. The van der Waals surface area contributed by atoms with Crippen LogP contribution in [0.15, 0.2) is 82.3 Å². The summed E-state index contributed by atoms with van der Waals surface area (Å²) in [5.41, 5.74) is 1.22. The molecule has 2 aromatic carbocycles. The van der Waals surface area contributed by atoms with Gasteiger partial charge in [-0.25, -0.2) is 0 Å². The van der Waals surface area contributed by atoms with Gasteiger partial charge in [-0.3, -0.25) is 9.59 Å². The quantitative estimate of drug-likeness (QED) is 0.597. The minimum absolute atomic E-state index is 0.0667. The number of hydrogen-bond donors (Lipinski definition) is 2. The Balaban J connectivity index is 1.50. The van der Waals surface area contributed by atoms with E-state index in [-0.39, 0.29) is 17.6 Å². The van der Waals surface area contributed by atoms with E-state index in [1.807, 2.05) is 30.3 Å². The molecule has 3 rings (SSSR count). The molecule has 3 aromatic rings.